The van der Waals surface area contributed by atoms with Crippen LogP contribution >= 0.6 is 0 Å². The van der Waals surface area contributed by atoms with Crippen molar-refractivity contribution >= 4 is 17.3 Å². The molecule has 1 fully saturated rings. The first-order valence-electron chi connectivity index (χ1n) is 10.6. The van der Waals surface area contributed by atoms with E-state index in [1.54, 1.807) is 6.20 Å². The van der Waals surface area contributed by atoms with Crippen molar-refractivity contribution in [3.05, 3.63) is 83.6 Å². The maximum Gasteiger partial charge on any atom is 0.140 e. The van der Waals surface area contributed by atoms with Gasteiger partial charge in [0, 0.05) is 32.0 Å². The molecule has 0 spiro atoms. The van der Waals surface area contributed by atoms with E-state index in [2.05, 4.69) is 51.8 Å². The smallest absolute Gasteiger partial charge is 0.140 e. The lowest BCUT2D eigenvalue weighted by molar-refractivity contribution is -0.0354. The number of aryl methyl sites for hydroxylation is 2. The van der Waals surface area contributed by atoms with E-state index in [4.69, 9.17) is 14.7 Å². The molecular formula is C24H26N6O. The third-order valence-corrected chi connectivity index (χ3v) is 5.69. The second kappa shape index (κ2) is 8.45. The number of fused-ring (bicyclic) bond motifs is 1. The number of hydrogen-bond acceptors (Lipinski definition) is 6. The van der Waals surface area contributed by atoms with Crippen LogP contribution in [0.5, 0.6) is 0 Å². The molecule has 0 aliphatic carbocycles. The minimum atomic E-state index is -0.0690. The molecule has 1 aliphatic heterocycles. The summed E-state index contributed by atoms with van der Waals surface area (Å²) in [5.41, 5.74) is 5.47. The van der Waals surface area contributed by atoms with E-state index in [1.807, 2.05) is 36.4 Å². The van der Waals surface area contributed by atoms with Crippen LogP contribution in [-0.2, 0) is 11.3 Å². The fourth-order valence-corrected chi connectivity index (χ4v) is 4.06. The van der Waals surface area contributed by atoms with Gasteiger partial charge in [-0.3, -0.25) is 4.90 Å². The molecule has 0 aromatic carbocycles. The maximum absolute atomic E-state index is 6.09. The Bertz CT molecular complexity index is 1190. The van der Waals surface area contributed by atoms with Gasteiger partial charge >= 0.3 is 0 Å². The topological polar surface area (TPSA) is 67.6 Å². The lowest BCUT2D eigenvalue weighted by atomic mass is 10.1. The molecule has 158 valence electrons. The highest BCUT2D eigenvalue weighted by atomic mass is 16.5. The van der Waals surface area contributed by atoms with Crippen LogP contribution in [0, 0.1) is 13.8 Å². The molecule has 31 heavy (non-hydrogen) atoms. The van der Waals surface area contributed by atoms with Gasteiger partial charge in [0.15, 0.2) is 0 Å². The van der Waals surface area contributed by atoms with Crippen LogP contribution in [0.4, 0.5) is 11.6 Å². The molecule has 0 amide bonds. The number of anilines is 2. The van der Waals surface area contributed by atoms with Crippen molar-refractivity contribution in [2.24, 2.45) is 0 Å². The largest absolute Gasteiger partial charge is 0.369 e. The highest BCUT2D eigenvalue weighted by Gasteiger charge is 2.25. The Morgan fingerprint density at radius 3 is 2.81 bits per heavy atom. The van der Waals surface area contributed by atoms with Crippen molar-refractivity contribution in [2.45, 2.75) is 26.5 Å². The Kier molecular flexibility index (Phi) is 5.36. The van der Waals surface area contributed by atoms with E-state index in [9.17, 15) is 0 Å². The summed E-state index contributed by atoms with van der Waals surface area (Å²) in [6.45, 7) is 7.39. The monoisotopic (exact) mass is 414 g/mol. The van der Waals surface area contributed by atoms with E-state index >= 15 is 0 Å². The Hall–Kier alpha value is -3.29. The molecule has 7 nitrogen and oxygen atoms in total. The first kappa shape index (κ1) is 19.7. The van der Waals surface area contributed by atoms with E-state index in [-0.39, 0.29) is 6.10 Å². The fraction of sp³-hybridized carbons (Fsp3) is 0.292. The van der Waals surface area contributed by atoms with Gasteiger partial charge in [0.1, 0.15) is 23.4 Å². The van der Waals surface area contributed by atoms with Gasteiger partial charge in [-0.2, -0.15) is 0 Å². The zero-order valence-electron chi connectivity index (χ0n) is 17.8. The number of imidazole rings is 1. The molecule has 5 heterocycles. The highest BCUT2D eigenvalue weighted by molar-refractivity contribution is 5.51. The molecule has 1 saturated heterocycles. The molecule has 4 aromatic rings. The predicted molar refractivity (Wildman–Crippen MR) is 120 cm³/mol. The van der Waals surface area contributed by atoms with Crippen molar-refractivity contribution in [1.29, 1.82) is 0 Å². The first-order chi connectivity index (χ1) is 15.2. The molecule has 0 unspecified atom stereocenters. The van der Waals surface area contributed by atoms with Crippen LogP contribution in [0.1, 0.15) is 28.7 Å². The zero-order chi connectivity index (χ0) is 21.2. The summed E-state index contributed by atoms with van der Waals surface area (Å²) < 4.78 is 8.30. The van der Waals surface area contributed by atoms with Crippen LogP contribution in [0.15, 0.2) is 60.9 Å². The summed E-state index contributed by atoms with van der Waals surface area (Å²) in [4.78, 5) is 16.3. The Morgan fingerprint density at radius 2 is 1.94 bits per heavy atom. The zero-order valence-corrected chi connectivity index (χ0v) is 17.8. The van der Waals surface area contributed by atoms with Crippen molar-refractivity contribution in [3.63, 3.8) is 0 Å². The SMILES string of the molecule is Cc1nc2c(C)cccn2c1CN1CCO[C@H](c2cccc(Nc3ccccn3)n2)C1. The highest BCUT2D eigenvalue weighted by Crippen LogP contribution is 2.25. The maximum atomic E-state index is 6.09. The normalized spacial score (nSPS) is 17.2. The average molecular weight is 415 g/mol. The molecular weight excluding hydrogens is 388 g/mol. The molecule has 1 N–H and O–H groups in total. The fourth-order valence-electron chi connectivity index (χ4n) is 4.06. The number of hydrogen-bond donors (Lipinski definition) is 1. The lowest BCUT2D eigenvalue weighted by Gasteiger charge is -2.32. The van der Waals surface area contributed by atoms with Crippen LogP contribution in [0.2, 0.25) is 0 Å². The van der Waals surface area contributed by atoms with Gasteiger partial charge in [-0.25, -0.2) is 15.0 Å². The predicted octanol–water partition coefficient (Wildman–Crippen LogP) is 4.06. The third-order valence-electron chi connectivity index (χ3n) is 5.69. The number of aromatic nitrogens is 4. The summed E-state index contributed by atoms with van der Waals surface area (Å²) in [6, 6.07) is 15.9. The van der Waals surface area contributed by atoms with Gasteiger partial charge in [0.05, 0.1) is 23.7 Å². The second-order valence-electron chi connectivity index (χ2n) is 7.91. The van der Waals surface area contributed by atoms with Gasteiger partial charge < -0.3 is 14.5 Å². The molecule has 4 aromatic heterocycles. The quantitative estimate of drug-likeness (QED) is 0.531. The van der Waals surface area contributed by atoms with Crippen LogP contribution in [-0.4, -0.2) is 43.9 Å². The number of nitrogens with zero attached hydrogens (tertiary/aromatic N) is 5. The number of nitrogens with one attached hydrogen (secondary N) is 1. The molecule has 7 heteroatoms. The van der Waals surface area contributed by atoms with Gasteiger partial charge in [-0.15, -0.1) is 0 Å². The molecule has 0 bridgehead atoms. The van der Waals surface area contributed by atoms with E-state index in [1.165, 1.54) is 11.3 Å². The number of morpholine rings is 1. The molecule has 5 rings (SSSR count). The standard InChI is InChI=1S/C24H26N6O/c1-17-7-6-12-30-20(18(2)26-24(17)30)15-29-13-14-31-21(16-29)19-8-5-10-23(27-19)28-22-9-3-4-11-25-22/h3-12,21H,13-16H2,1-2H3,(H,25,27,28)/t21-/m0/s1. The molecule has 1 atom stereocenters. The van der Waals surface area contributed by atoms with Crippen molar-refractivity contribution in [1.82, 2.24) is 24.3 Å². The number of ether oxygens (including phenoxy) is 1. The first-order valence-corrected chi connectivity index (χ1v) is 10.6. The minimum absolute atomic E-state index is 0.0690. The van der Waals surface area contributed by atoms with Crippen LogP contribution in [0.3, 0.4) is 0 Å². The molecule has 1 aliphatic rings. The van der Waals surface area contributed by atoms with E-state index < -0.39 is 0 Å². The summed E-state index contributed by atoms with van der Waals surface area (Å²) in [5, 5.41) is 3.26. The number of rotatable bonds is 5. The second-order valence-corrected chi connectivity index (χ2v) is 7.91. The van der Waals surface area contributed by atoms with Crippen molar-refractivity contribution in [3.8, 4) is 0 Å². The Morgan fingerprint density at radius 1 is 1.03 bits per heavy atom. The van der Waals surface area contributed by atoms with Gasteiger partial charge in [0.2, 0.25) is 0 Å². The summed E-state index contributed by atoms with van der Waals surface area (Å²) in [7, 11) is 0. The summed E-state index contributed by atoms with van der Waals surface area (Å²) in [5.74, 6) is 1.54. The number of pyridine rings is 3. The van der Waals surface area contributed by atoms with Crippen molar-refractivity contribution < 1.29 is 4.74 Å². The Labute approximate surface area is 181 Å². The van der Waals surface area contributed by atoms with E-state index in [0.717, 1.165) is 48.3 Å². The van der Waals surface area contributed by atoms with Crippen molar-refractivity contribution in [2.75, 3.05) is 25.0 Å². The van der Waals surface area contributed by atoms with Crippen LogP contribution < -0.4 is 5.32 Å². The minimum Gasteiger partial charge on any atom is -0.369 e. The van der Waals surface area contributed by atoms with Gasteiger partial charge in [0.25, 0.3) is 0 Å². The molecule has 0 radical (unpaired) electrons. The van der Waals surface area contributed by atoms with E-state index in [0.29, 0.717) is 6.61 Å². The average Bonchev–Trinajstić information content (AvgIpc) is 3.11. The summed E-state index contributed by atoms with van der Waals surface area (Å²) in [6.07, 6.45) is 3.79. The van der Waals surface area contributed by atoms with Gasteiger partial charge in [-0.1, -0.05) is 18.2 Å². The molecule has 0 saturated carbocycles. The third kappa shape index (κ3) is 4.15. The summed E-state index contributed by atoms with van der Waals surface area (Å²) >= 11 is 0. The van der Waals surface area contributed by atoms with Gasteiger partial charge in [-0.05, 0) is 49.7 Å². The van der Waals surface area contributed by atoms with Crippen LogP contribution in [0.25, 0.3) is 5.65 Å². The lowest BCUT2D eigenvalue weighted by Crippen LogP contribution is -2.38. The Balaban J connectivity index is 1.33.